The Morgan fingerprint density at radius 2 is 2.08 bits per heavy atom. The van der Waals surface area contributed by atoms with E-state index < -0.39 is 12.0 Å². The van der Waals surface area contributed by atoms with Crippen LogP contribution in [0.1, 0.15) is 11.3 Å². The Hall–Kier alpha value is -2.66. The molecule has 24 heavy (non-hydrogen) atoms. The number of hydrogen-bond acceptors (Lipinski definition) is 4. The van der Waals surface area contributed by atoms with Crippen LogP contribution in [0.4, 0.5) is 4.79 Å². The molecule has 6 heteroatoms. The van der Waals surface area contributed by atoms with E-state index in [2.05, 4.69) is 4.98 Å². The molecule has 3 rings (SSSR count). The highest BCUT2D eigenvalue weighted by Crippen LogP contribution is 2.18. The van der Waals surface area contributed by atoms with Gasteiger partial charge in [-0.1, -0.05) is 41.9 Å². The normalized spacial score (nSPS) is 17.3. The van der Waals surface area contributed by atoms with E-state index in [9.17, 15) is 9.59 Å². The average Bonchev–Trinajstić information content (AvgIpc) is 2.95. The summed E-state index contributed by atoms with van der Waals surface area (Å²) in [7, 11) is 0. The van der Waals surface area contributed by atoms with Gasteiger partial charge in [0.05, 0.1) is 16.8 Å². The molecule has 2 amide bonds. The molecule has 2 aromatic rings. The van der Waals surface area contributed by atoms with Crippen LogP contribution >= 0.6 is 11.6 Å². The van der Waals surface area contributed by atoms with Gasteiger partial charge in [0.1, 0.15) is 6.61 Å². The minimum absolute atomic E-state index is 0.201. The third-order valence-corrected chi connectivity index (χ3v) is 3.88. The highest BCUT2D eigenvalue weighted by atomic mass is 35.5. The Balaban J connectivity index is 1.71. The molecule has 1 aromatic heterocycles. The summed E-state index contributed by atoms with van der Waals surface area (Å²) in [6, 6.07) is 12.7. The Morgan fingerprint density at radius 3 is 2.79 bits per heavy atom. The first-order valence-corrected chi connectivity index (χ1v) is 7.85. The molecule has 0 bridgehead atoms. The molecule has 0 spiro atoms. The van der Waals surface area contributed by atoms with Crippen molar-refractivity contribution in [2.24, 2.45) is 0 Å². The molecule has 2 heterocycles. The maximum absolute atomic E-state index is 12.4. The van der Waals surface area contributed by atoms with Crippen molar-refractivity contribution in [2.45, 2.75) is 12.5 Å². The van der Waals surface area contributed by atoms with Gasteiger partial charge in [-0.2, -0.15) is 0 Å². The monoisotopic (exact) mass is 342 g/mol. The van der Waals surface area contributed by atoms with Crippen LogP contribution in [-0.2, 0) is 16.0 Å². The van der Waals surface area contributed by atoms with Crippen LogP contribution in [0.15, 0.2) is 54.7 Å². The van der Waals surface area contributed by atoms with E-state index in [4.69, 9.17) is 16.3 Å². The number of cyclic esters (lactones) is 1. The lowest BCUT2D eigenvalue weighted by molar-refractivity contribution is -0.124. The van der Waals surface area contributed by atoms with Crippen LogP contribution in [0.5, 0.6) is 0 Å². The molecule has 1 fully saturated rings. The van der Waals surface area contributed by atoms with Crippen LogP contribution in [0.25, 0.3) is 6.08 Å². The minimum atomic E-state index is -0.616. The van der Waals surface area contributed by atoms with Crippen molar-refractivity contribution in [3.63, 3.8) is 0 Å². The van der Waals surface area contributed by atoms with Crippen molar-refractivity contribution in [3.8, 4) is 0 Å². The zero-order chi connectivity index (χ0) is 16.9. The molecule has 5 nitrogen and oxygen atoms in total. The molecule has 1 aliphatic rings. The molecule has 122 valence electrons. The molecule has 0 radical (unpaired) electrons. The molecular formula is C18H15ClN2O3. The minimum Gasteiger partial charge on any atom is -0.447 e. The van der Waals surface area contributed by atoms with E-state index in [1.807, 2.05) is 30.3 Å². The highest BCUT2D eigenvalue weighted by molar-refractivity contribution is 6.30. The summed E-state index contributed by atoms with van der Waals surface area (Å²) in [6.07, 6.45) is 4.30. The number of nitrogens with zero attached hydrogens (tertiary/aromatic N) is 2. The van der Waals surface area contributed by atoms with Crippen LogP contribution in [-0.4, -0.2) is 34.5 Å². The Morgan fingerprint density at radius 1 is 1.29 bits per heavy atom. The standard InChI is InChI=1S/C18H15ClN2O3/c19-14-6-7-15(20-11-14)8-9-17(22)21-16(12-24-18(21)23)10-13-4-2-1-3-5-13/h1-9,11,16H,10,12H2/b9-8+/t16-/m0/s1. The summed E-state index contributed by atoms with van der Waals surface area (Å²) in [5.74, 6) is -0.421. The van der Waals surface area contributed by atoms with Crippen molar-refractivity contribution in [1.29, 1.82) is 0 Å². The number of carbonyl (C=O) groups excluding carboxylic acids is 2. The first kappa shape index (κ1) is 16.2. The van der Waals surface area contributed by atoms with Crippen LogP contribution in [0.2, 0.25) is 5.02 Å². The van der Waals surface area contributed by atoms with Crippen molar-refractivity contribution in [2.75, 3.05) is 6.61 Å². The molecule has 0 aliphatic carbocycles. The van der Waals surface area contributed by atoms with Gasteiger partial charge in [-0.25, -0.2) is 9.69 Å². The first-order valence-electron chi connectivity index (χ1n) is 7.47. The second kappa shape index (κ2) is 7.27. The molecular weight excluding hydrogens is 328 g/mol. The average molecular weight is 343 g/mol. The second-order valence-corrected chi connectivity index (χ2v) is 5.80. The van der Waals surface area contributed by atoms with E-state index in [-0.39, 0.29) is 12.6 Å². The predicted octanol–water partition coefficient (Wildman–Crippen LogP) is 3.34. The number of imide groups is 1. The summed E-state index contributed by atoms with van der Waals surface area (Å²) in [5.41, 5.74) is 1.63. The lowest BCUT2D eigenvalue weighted by Crippen LogP contribution is -2.39. The zero-order valence-corrected chi connectivity index (χ0v) is 13.5. The SMILES string of the molecule is O=C(/C=C/c1ccc(Cl)cn1)N1C(=O)OC[C@@H]1Cc1ccccc1. The maximum Gasteiger partial charge on any atom is 0.417 e. The van der Waals surface area contributed by atoms with Crippen LogP contribution in [0, 0.1) is 0 Å². The van der Waals surface area contributed by atoms with E-state index in [0.29, 0.717) is 17.1 Å². The highest BCUT2D eigenvalue weighted by Gasteiger charge is 2.36. The van der Waals surface area contributed by atoms with Crippen molar-refractivity contribution < 1.29 is 14.3 Å². The van der Waals surface area contributed by atoms with Gasteiger partial charge < -0.3 is 4.74 Å². The zero-order valence-electron chi connectivity index (χ0n) is 12.8. The number of benzene rings is 1. The number of hydrogen-bond donors (Lipinski definition) is 0. The fourth-order valence-electron chi connectivity index (χ4n) is 2.49. The Bertz CT molecular complexity index is 760. The van der Waals surface area contributed by atoms with Crippen molar-refractivity contribution >= 4 is 29.7 Å². The van der Waals surface area contributed by atoms with Crippen LogP contribution in [0.3, 0.4) is 0 Å². The summed E-state index contributed by atoms with van der Waals surface area (Å²) < 4.78 is 5.04. The number of amides is 2. The van der Waals surface area contributed by atoms with Crippen molar-refractivity contribution in [1.82, 2.24) is 9.88 Å². The van der Waals surface area contributed by atoms with E-state index in [1.54, 1.807) is 18.2 Å². The number of carbonyl (C=O) groups is 2. The lowest BCUT2D eigenvalue weighted by atomic mass is 10.1. The number of ether oxygens (including phenoxy) is 1. The first-order chi connectivity index (χ1) is 11.6. The summed E-state index contributed by atoms with van der Waals surface area (Å²) in [4.78, 5) is 29.5. The number of rotatable bonds is 4. The third-order valence-electron chi connectivity index (χ3n) is 3.66. The van der Waals surface area contributed by atoms with E-state index in [1.165, 1.54) is 12.3 Å². The molecule has 0 saturated carbocycles. The maximum atomic E-state index is 12.4. The molecule has 1 saturated heterocycles. The van der Waals surface area contributed by atoms with Gasteiger partial charge in [-0.05, 0) is 30.2 Å². The number of aromatic nitrogens is 1. The summed E-state index contributed by atoms with van der Waals surface area (Å²) in [6.45, 7) is 0.201. The quantitative estimate of drug-likeness (QED) is 0.800. The molecule has 0 N–H and O–H groups in total. The molecule has 1 aromatic carbocycles. The van der Waals surface area contributed by atoms with Crippen LogP contribution < -0.4 is 0 Å². The molecule has 1 atom stereocenters. The van der Waals surface area contributed by atoms with Gasteiger partial charge in [-0.15, -0.1) is 0 Å². The largest absolute Gasteiger partial charge is 0.447 e. The Labute approximate surface area is 144 Å². The summed E-state index contributed by atoms with van der Waals surface area (Å²) >= 11 is 5.77. The topological polar surface area (TPSA) is 59.5 Å². The Kier molecular flexibility index (Phi) is 4.91. The van der Waals surface area contributed by atoms with E-state index >= 15 is 0 Å². The van der Waals surface area contributed by atoms with Gasteiger partial charge in [0.15, 0.2) is 0 Å². The fraction of sp³-hybridized carbons (Fsp3) is 0.167. The number of pyridine rings is 1. The van der Waals surface area contributed by atoms with Gasteiger partial charge in [0.25, 0.3) is 5.91 Å². The molecule has 1 aliphatic heterocycles. The van der Waals surface area contributed by atoms with Gasteiger partial charge in [0.2, 0.25) is 0 Å². The van der Waals surface area contributed by atoms with Gasteiger partial charge in [-0.3, -0.25) is 9.78 Å². The second-order valence-electron chi connectivity index (χ2n) is 5.36. The smallest absolute Gasteiger partial charge is 0.417 e. The third kappa shape index (κ3) is 3.81. The predicted molar refractivity (Wildman–Crippen MR) is 90.4 cm³/mol. The van der Waals surface area contributed by atoms with Gasteiger partial charge in [0, 0.05) is 12.3 Å². The van der Waals surface area contributed by atoms with E-state index in [0.717, 1.165) is 10.5 Å². The van der Waals surface area contributed by atoms with Crippen molar-refractivity contribution in [3.05, 3.63) is 71.0 Å². The molecule has 0 unspecified atom stereocenters. The summed E-state index contributed by atoms with van der Waals surface area (Å²) in [5, 5.41) is 0.518. The lowest BCUT2D eigenvalue weighted by Gasteiger charge is -2.18. The van der Waals surface area contributed by atoms with Gasteiger partial charge >= 0.3 is 6.09 Å². The fourth-order valence-corrected chi connectivity index (χ4v) is 2.60. The number of halogens is 1.